The predicted molar refractivity (Wildman–Crippen MR) is 117 cm³/mol. The fourth-order valence-corrected chi connectivity index (χ4v) is 4.70. The number of nitrogens with zero attached hydrogens (tertiary/aromatic N) is 1. The highest BCUT2D eigenvalue weighted by molar-refractivity contribution is 5.58. The predicted octanol–water partition coefficient (Wildman–Crippen LogP) is 4.53. The molecule has 2 aliphatic heterocycles. The Labute approximate surface area is 172 Å². The molecule has 0 aromatic heterocycles. The van der Waals surface area contributed by atoms with Gasteiger partial charge in [-0.25, -0.2) is 10.9 Å². The number of fused-ring (bicyclic) bond motifs is 3. The van der Waals surface area contributed by atoms with Crippen LogP contribution in [-0.4, -0.2) is 13.7 Å². The lowest BCUT2D eigenvalue weighted by molar-refractivity contribution is 0.402. The maximum absolute atomic E-state index is 5.31. The largest absolute Gasteiger partial charge is 0.497 e. The zero-order chi connectivity index (χ0) is 19.8. The van der Waals surface area contributed by atoms with Crippen molar-refractivity contribution in [1.29, 1.82) is 0 Å². The van der Waals surface area contributed by atoms with Crippen molar-refractivity contribution in [3.05, 3.63) is 95.1 Å². The van der Waals surface area contributed by atoms with Crippen LogP contribution in [0, 0.1) is 12.8 Å². The monoisotopic (exact) mass is 385 g/mol. The first-order chi connectivity index (χ1) is 14.2. The van der Waals surface area contributed by atoms with Gasteiger partial charge in [0.05, 0.1) is 19.2 Å². The minimum atomic E-state index is 0.298. The van der Waals surface area contributed by atoms with Crippen molar-refractivity contribution in [3.8, 4) is 5.75 Å². The maximum atomic E-state index is 5.31. The van der Waals surface area contributed by atoms with E-state index in [9.17, 15) is 0 Å². The van der Waals surface area contributed by atoms with E-state index in [1.54, 1.807) is 7.11 Å². The van der Waals surface area contributed by atoms with Gasteiger partial charge in [0.2, 0.25) is 0 Å². The molecule has 0 aliphatic carbocycles. The van der Waals surface area contributed by atoms with Gasteiger partial charge in [0.1, 0.15) is 5.75 Å². The van der Waals surface area contributed by atoms with Crippen molar-refractivity contribution in [3.63, 3.8) is 0 Å². The van der Waals surface area contributed by atoms with E-state index in [-0.39, 0.29) is 0 Å². The molecule has 3 atom stereocenters. The van der Waals surface area contributed by atoms with Crippen LogP contribution in [0.1, 0.15) is 34.3 Å². The fraction of sp³-hybridized carbons (Fsp3) is 0.280. The molecule has 2 aliphatic rings. The van der Waals surface area contributed by atoms with E-state index >= 15 is 0 Å². The van der Waals surface area contributed by atoms with Crippen molar-refractivity contribution < 1.29 is 4.74 Å². The molecular weight excluding hydrogens is 358 g/mol. The number of rotatable bonds is 4. The number of methoxy groups -OCH3 is 1. The molecule has 2 N–H and O–H groups in total. The van der Waals surface area contributed by atoms with Crippen LogP contribution in [-0.2, 0) is 6.54 Å². The first kappa shape index (κ1) is 18.2. The number of para-hydroxylation sites is 1. The number of ether oxygens (including phenoxy) is 1. The molecule has 0 spiro atoms. The molecule has 3 aromatic rings. The second-order valence-electron chi connectivity index (χ2n) is 8.11. The quantitative estimate of drug-likeness (QED) is 0.692. The third-order valence-corrected chi connectivity index (χ3v) is 6.26. The number of hydrazine groups is 1. The minimum Gasteiger partial charge on any atom is -0.497 e. The molecule has 1 saturated heterocycles. The number of anilines is 1. The molecule has 4 heteroatoms. The molecule has 0 radical (unpaired) electrons. The van der Waals surface area contributed by atoms with Crippen LogP contribution >= 0.6 is 0 Å². The summed E-state index contributed by atoms with van der Waals surface area (Å²) in [5.74, 6) is 1.36. The summed E-state index contributed by atoms with van der Waals surface area (Å²) in [5.41, 5.74) is 13.8. The Balaban J connectivity index is 1.46. The summed E-state index contributed by atoms with van der Waals surface area (Å²) < 4.78 is 5.31. The smallest absolute Gasteiger partial charge is 0.118 e. The van der Waals surface area contributed by atoms with Crippen molar-refractivity contribution in [2.45, 2.75) is 25.6 Å². The zero-order valence-electron chi connectivity index (χ0n) is 16.9. The minimum absolute atomic E-state index is 0.298. The van der Waals surface area contributed by atoms with Gasteiger partial charge in [-0.2, -0.15) is 0 Å². The van der Waals surface area contributed by atoms with Gasteiger partial charge in [0.15, 0.2) is 0 Å². The lowest BCUT2D eigenvalue weighted by Gasteiger charge is -2.39. The van der Waals surface area contributed by atoms with Gasteiger partial charge < -0.3 is 9.64 Å². The molecular formula is C25H27N3O. The fourth-order valence-electron chi connectivity index (χ4n) is 4.70. The molecule has 148 valence electrons. The van der Waals surface area contributed by atoms with Crippen molar-refractivity contribution in [1.82, 2.24) is 10.9 Å². The van der Waals surface area contributed by atoms with E-state index in [0.29, 0.717) is 18.0 Å². The third kappa shape index (κ3) is 3.39. The third-order valence-electron chi connectivity index (χ3n) is 6.26. The highest BCUT2D eigenvalue weighted by atomic mass is 16.5. The van der Waals surface area contributed by atoms with Gasteiger partial charge in [0.25, 0.3) is 0 Å². The molecule has 3 aromatic carbocycles. The van der Waals surface area contributed by atoms with Gasteiger partial charge in [-0.05, 0) is 41.8 Å². The molecule has 3 unspecified atom stereocenters. The number of hydrogen-bond acceptors (Lipinski definition) is 4. The average Bonchev–Trinajstić information content (AvgIpc) is 3.19. The van der Waals surface area contributed by atoms with Crippen LogP contribution in [0.4, 0.5) is 5.69 Å². The number of hydrogen-bond donors (Lipinski definition) is 2. The normalized spacial score (nSPS) is 22.8. The van der Waals surface area contributed by atoms with E-state index < -0.39 is 0 Å². The van der Waals surface area contributed by atoms with Gasteiger partial charge >= 0.3 is 0 Å². The number of benzene rings is 3. The summed E-state index contributed by atoms with van der Waals surface area (Å²) in [6, 6.07) is 26.7. The molecule has 0 amide bonds. The molecule has 4 nitrogen and oxygen atoms in total. The Morgan fingerprint density at radius 3 is 2.38 bits per heavy atom. The first-order valence-corrected chi connectivity index (χ1v) is 10.3. The van der Waals surface area contributed by atoms with Crippen LogP contribution in [0.3, 0.4) is 0 Å². The van der Waals surface area contributed by atoms with Gasteiger partial charge in [-0.3, -0.25) is 0 Å². The topological polar surface area (TPSA) is 36.5 Å². The van der Waals surface area contributed by atoms with Crippen LogP contribution in [0.25, 0.3) is 0 Å². The van der Waals surface area contributed by atoms with Gasteiger partial charge in [0, 0.05) is 24.7 Å². The van der Waals surface area contributed by atoms with Crippen LogP contribution in [0.2, 0.25) is 0 Å². The zero-order valence-corrected chi connectivity index (χ0v) is 16.9. The van der Waals surface area contributed by atoms with Crippen LogP contribution in [0.15, 0.2) is 72.8 Å². The van der Waals surface area contributed by atoms with Crippen molar-refractivity contribution in [2.24, 2.45) is 5.92 Å². The maximum Gasteiger partial charge on any atom is 0.118 e. The number of aryl methyl sites for hydroxylation is 1. The highest BCUT2D eigenvalue weighted by Gasteiger charge is 2.42. The summed E-state index contributed by atoms with van der Waals surface area (Å²) in [5, 5.41) is 0. The van der Waals surface area contributed by atoms with Gasteiger partial charge in [-0.15, -0.1) is 0 Å². The lowest BCUT2D eigenvalue weighted by Crippen LogP contribution is -2.39. The summed E-state index contributed by atoms with van der Waals surface area (Å²) in [6.07, 6.45) is 0. The standard InChI is InChI=1S/C25H27N3O/c1-17-7-11-19(12-8-17)24-22-16-28(15-18-9-13-20(29-2)14-10-18)23-6-4-3-5-21(23)25(22)27-26-24/h3-14,22,24-27H,15-16H2,1-2H3. The Morgan fingerprint density at radius 2 is 1.62 bits per heavy atom. The molecule has 0 bridgehead atoms. The second-order valence-corrected chi connectivity index (χ2v) is 8.11. The van der Waals surface area contributed by atoms with E-state index in [0.717, 1.165) is 18.8 Å². The molecule has 29 heavy (non-hydrogen) atoms. The molecule has 0 saturated carbocycles. The summed E-state index contributed by atoms with van der Waals surface area (Å²) >= 11 is 0. The Morgan fingerprint density at radius 1 is 0.897 bits per heavy atom. The molecule has 1 fully saturated rings. The van der Waals surface area contributed by atoms with E-state index in [1.165, 1.54) is 27.9 Å². The highest BCUT2D eigenvalue weighted by Crippen LogP contribution is 2.45. The Kier molecular flexibility index (Phi) is 4.74. The molecule has 5 rings (SSSR count). The first-order valence-electron chi connectivity index (χ1n) is 10.3. The van der Waals surface area contributed by atoms with E-state index in [2.05, 4.69) is 83.3 Å². The lowest BCUT2D eigenvalue weighted by atomic mass is 9.82. The summed E-state index contributed by atoms with van der Waals surface area (Å²) in [4.78, 5) is 2.52. The summed E-state index contributed by atoms with van der Waals surface area (Å²) in [6.45, 7) is 4.04. The average molecular weight is 386 g/mol. The van der Waals surface area contributed by atoms with E-state index in [4.69, 9.17) is 4.74 Å². The molecule has 2 heterocycles. The second kappa shape index (κ2) is 7.54. The SMILES string of the molecule is COc1ccc(CN2CC3C(c4ccc(C)cc4)NNC3c3ccccc32)cc1. The van der Waals surface area contributed by atoms with Crippen molar-refractivity contribution in [2.75, 3.05) is 18.6 Å². The van der Waals surface area contributed by atoms with Crippen LogP contribution in [0.5, 0.6) is 5.75 Å². The van der Waals surface area contributed by atoms with E-state index in [1.807, 2.05) is 12.1 Å². The van der Waals surface area contributed by atoms with Gasteiger partial charge in [-0.1, -0.05) is 60.2 Å². The van der Waals surface area contributed by atoms with Crippen molar-refractivity contribution >= 4 is 5.69 Å². The Bertz CT molecular complexity index is 984. The van der Waals surface area contributed by atoms with Crippen LogP contribution < -0.4 is 20.5 Å². The summed E-state index contributed by atoms with van der Waals surface area (Å²) in [7, 11) is 1.71. The Hall–Kier alpha value is -2.82. The number of nitrogens with one attached hydrogen (secondary N) is 2.